The van der Waals surface area contributed by atoms with E-state index in [-0.39, 0.29) is 26.2 Å². The first-order chi connectivity index (χ1) is 1.91. The van der Waals surface area contributed by atoms with Crippen molar-refractivity contribution < 1.29 is 0 Å². The number of rotatable bonds is 0. The van der Waals surface area contributed by atoms with Crippen molar-refractivity contribution in [1.82, 2.24) is 0 Å². The third-order valence-electron chi connectivity index (χ3n) is 0.0476. The molecular weight excluding hydrogens is 304 g/mol. The van der Waals surface area contributed by atoms with Gasteiger partial charge in [0.05, 0.1) is 0 Å². The van der Waals surface area contributed by atoms with Crippen LogP contribution in [-0.4, -0.2) is 26.2 Å². The Morgan fingerprint density at radius 3 is 1.20 bits per heavy atom. The first-order valence-electron chi connectivity index (χ1n) is 0.770. The van der Waals surface area contributed by atoms with Gasteiger partial charge in [-0.15, -0.1) is 0 Å². The van der Waals surface area contributed by atoms with Gasteiger partial charge in [-0.1, -0.05) is 23.2 Å². The molecule has 0 unspecified atom stereocenters. The molecule has 0 aliphatic rings. The molecule has 0 spiro atoms. The molecule has 0 saturated heterocycles. The van der Waals surface area contributed by atoms with E-state index in [2.05, 4.69) is 0 Å². The molecule has 0 atom stereocenters. The van der Waals surface area contributed by atoms with Gasteiger partial charge < -0.3 is 0 Å². The summed E-state index contributed by atoms with van der Waals surface area (Å²) in [5.74, 6) is 0. The van der Waals surface area contributed by atoms with Gasteiger partial charge in [-0.3, -0.25) is 0 Å². The van der Waals surface area contributed by atoms with Gasteiger partial charge in [0.25, 0.3) is 0 Å². The summed E-state index contributed by atoms with van der Waals surface area (Å²) in [5, 5.41) is 0. The van der Waals surface area contributed by atoms with E-state index in [9.17, 15) is 0 Å². The molecule has 0 aromatic rings. The van der Waals surface area contributed by atoms with Crippen LogP contribution in [0, 0.1) is 0 Å². The fourth-order valence-electron chi connectivity index (χ4n) is 0. The predicted octanol–water partition coefficient (Wildman–Crippen LogP) is 1.55. The first kappa shape index (κ1) is 9.51. The Labute approximate surface area is 60.3 Å². The third-order valence-corrected chi connectivity index (χ3v) is 0.429. The van der Waals surface area contributed by atoms with Crippen LogP contribution in [0.3, 0.4) is 0 Å². The molecule has 0 amide bonds. The Kier molecular flexibility index (Phi) is 17.0. The quantitative estimate of drug-likeness (QED) is 0.596. The average Bonchev–Trinajstić information content (AvgIpc) is 1.37. The molecule has 0 aromatic carbocycles. The zero-order chi connectivity index (χ0) is 3.41. The van der Waals surface area contributed by atoms with Gasteiger partial charge in [0, 0.05) is 37.3 Å². The average molecular weight is 306 g/mol. The number of hydrogen-bond acceptors (Lipinski definition) is 0. The van der Waals surface area contributed by atoms with Crippen LogP contribution in [0.5, 0.6) is 0 Å². The summed E-state index contributed by atoms with van der Waals surface area (Å²) in [6, 6.07) is 0. The number of hydrogen-bond donors (Lipinski definition) is 0. The molecule has 0 fully saturated rings. The van der Waals surface area contributed by atoms with Crippen molar-refractivity contribution in [3.63, 3.8) is 0 Å². The zero-order valence-electron chi connectivity index (χ0n) is 2.36. The molecule has 3 radical (unpaired) electrons. The van der Waals surface area contributed by atoms with E-state index in [1.54, 1.807) is 0 Å². The molecule has 0 aliphatic carbocycles. The molecule has 0 heterocycles. The third kappa shape index (κ3) is 11.0. The van der Waals surface area contributed by atoms with Crippen LogP contribution in [0.4, 0.5) is 0 Å². The smallest absolute Gasteiger partial charge is 0.0156 e. The fourth-order valence-corrected chi connectivity index (χ4v) is 0. The maximum atomic E-state index is 4.87. The van der Waals surface area contributed by atoms with Gasteiger partial charge in [-0.25, -0.2) is 0 Å². The van der Waals surface area contributed by atoms with Crippen LogP contribution >= 0.6 is 23.2 Å². The molecule has 3 heteroatoms. The van der Waals surface area contributed by atoms with Crippen LogP contribution in [0.1, 0.15) is 0 Å². The normalized spacial score (nSPS) is 7.60. The van der Waals surface area contributed by atoms with Crippen LogP contribution in [0.15, 0.2) is 11.1 Å². The molecule has 29 valence electrons. The van der Waals surface area contributed by atoms with E-state index in [1.165, 1.54) is 11.1 Å². The van der Waals surface area contributed by atoms with Crippen molar-refractivity contribution in [3.8, 4) is 0 Å². The van der Waals surface area contributed by atoms with E-state index < -0.39 is 0 Å². The molecule has 5 heavy (non-hydrogen) atoms. The van der Waals surface area contributed by atoms with E-state index in [4.69, 9.17) is 23.2 Å². The molecule has 0 nitrogen and oxygen atoms in total. The van der Waals surface area contributed by atoms with Crippen molar-refractivity contribution in [1.29, 1.82) is 0 Å². The fraction of sp³-hybridized carbons (Fsp3) is 0. The van der Waals surface area contributed by atoms with Gasteiger partial charge in [0.15, 0.2) is 0 Å². The second-order valence-corrected chi connectivity index (χ2v) is 0.756. The largest absolute Gasteiger partial charge is 0.0920 e. The van der Waals surface area contributed by atoms with Gasteiger partial charge in [0.1, 0.15) is 0 Å². The maximum absolute atomic E-state index is 4.87. The van der Waals surface area contributed by atoms with Crippen molar-refractivity contribution in [2.45, 2.75) is 0 Å². The van der Waals surface area contributed by atoms with E-state index in [0.29, 0.717) is 0 Å². The molecule has 0 rings (SSSR count). The topological polar surface area (TPSA) is 0 Å². The summed E-state index contributed by atoms with van der Waals surface area (Å²) in [4.78, 5) is 0. The molecule has 0 aromatic heterocycles. The van der Waals surface area contributed by atoms with Crippen LogP contribution in [0.2, 0.25) is 0 Å². The van der Waals surface area contributed by atoms with Gasteiger partial charge in [-0.2, -0.15) is 0 Å². The summed E-state index contributed by atoms with van der Waals surface area (Å²) < 4.78 is 0. The van der Waals surface area contributed by atoms with Crippen LogP contribution in [-0.2, 0) is 0 Å². The van der Waals surface area contributed by atoms with Crippen molar-refractivity contribution in [2.24, 2.45) is 0 Å². The van der Waals surface area contributed by atoms with Gasteiger partial charge in [-0.05, 0) is 0 Å². The summed E-state index contributed by atoms with van der Waals surface area (Å²) in [5.41, 5.74) is 2.48. The molecule has 0 N–H and O–H groups in total. The van der Waals surface area contributed by atoms with Crippen LogP contribution in [0.25, 0.3) is 0 Å². The molecule has 0 bridgehead atoms. The Hall–Kier alpha value is 1.20. The van der Waals surface area contributed by atoms with Gasteiger partial charge in [0.2, 0.25) is 0 Å². The minimum absolute atomic E-state index is 0. The Bertz CT molecular complexity index is 22.8. The number of halogens is 2. The van der Waals surface area contributed by atoms with Crippen molar-refractivity contribution in [2.75, 3.05) is 0 Å². The summed E-state index contributed by atoms with van der Waals surface area (Å²) >= 11 is 9.75. The Balaban J connectivity index is 0. The summed E-state index contributed by atoms with van der Waals surface area (Å²) in [7, 11) is 0. The minimum Gasteiger partial charge on any atom is -0.0920 e. The predicted molar refractivity (Wildman–Crippen MR) is 26.6 cm³/mol. The Morgan fingerprint density at radius 1 is 1.00 bits per heavy atom. The van der Waals surface area contributed by atoms with Crippen molar-refractivity contribution in [3.05, 3.63) is 11.1 Å². The maximum Gasteiger partial charge on any atom is 0.0156 e. The second-order valence-electron chi connectivity index (χ2n) is 0.252. The standard InChI is InChI=1S/C2H2Cl2.Bi/c3-1-2-4;/h1-2H;. The van der Waals surface area contributed by atoms with E-state index >= 15 is 0 Å². The summed E-state index contributed by atoms with van der Waals surface area (Å²) in [6.45, 7) is 0. The monoisotopic (exact) mass is 305 g/mol. The second kappa shape index (κ2) is 8.96. The van der Waals surface area contributed by atoms with E-state index in [1.807, 2.05) is 0 Å². The zero-order valence-corrected chi connectivity index (χ0v) is 7.35. The first-order valence-corrected chi connectivity index (χ1v) is 1.64. The van der Waals surface area contributed by atoms with E-state index in [0.717, 1.165) is 0 Å². The molecule has 0 aliphatic heterocycles. The molecular formula is C2H2BiCl2. The van der Waals surface area contributed by atoms with Gasteiger partial charge >= 0.3 is 0 Å². The minimum atomic E-state index is 0. The van der Waals surface area contributed by atoms with Crippen LogP contribution < -0.4 is 0 Å². The Morgan fingerprint density at radius 2 is 1.20 bits per heavy atom. The SMILES string of the molecule is ClC=CCl.[Bi]. The van der Waals surface area contributed by atoms with Crippen molar-refractivity contribution >= 4 is 49.4 Å². The molecule has 0 saturated carbocycles. The summed E-state index contributed by atoms with van der Waals surface area (Å²) in [6.07, 6.45) is 0.